The molecule has 0 spiro atoms. The minimum Gasteiger partial charge on any atom is -0.374 e. The van der Waals surface area contributed by atoms with E-state index in [4.69, 9.17) is 4.74 Å². The third-order valence-electron chi connectivity index (χ3n) is 2.48. The van der Waals surface area contributed by atoms with Gasteiger partial charge in [0.2, 0.25) is 0 Å². The van der Waals surface area contributed by atoms with Crippen molar-refractivity contribution in [3.63, 3.8) is 0 Å². The van der Waals surface area contributed by atoms with Crippen molar-refractivity contribution in [2.75, 3.05) is 6.61 Å². The molecule has 0 aromatic carbocycles. The summed E-state index contributed by atoms with van der Waals surface area (Å²) in [6.45, 7) is 16.5. The maximum absolute atomic E-state index is 5.91. The largest absolute Gasteiger partial charge is 0.374 e. The van der Waals surface area contributed by atoms with Crippen molar-refractivity contribution < 1.29 is 4.74 Å². The number of rotatable bonds is 6. The second-order valence-corrected chi connectivity index (χ2v) is 10.7. The lowest BCUT2D eigenvalue weighted by Crippen LogP contribution is -2.34. The summed E-state index contributed by atoms with van der Waals surface area (Å²) in [7, 11) is -1.33. The monoisotopic (exact) mass is 240 g/mol. The molecule has 0 saturated heterocycles. The van der Waals surface area contributed by atoms with Crippen LogP contribution in [0.1, 0.15) is 34.1 Å². The van der Waals surface area contributed by atoms with Gasteiger partial charge in [-0.05, 0) is 37.5 Å². The fraction of sp³-hybridized carbons (Fsp3) is 0.786. The van der Waals surface area contributed by atoms with Crippen molar-refractivity contribution in [2.45, 2.75) is 59.9 Å². The Hall–Kier alpha value is -0.303. The first kappa shape index (κ1) is 15.7. The predicted octanol–water partition coefficient (Wildman–Crippen LogP) is 4.42. The molecule has 1 atom stereocenters. The van der Waals surface area contributed by atoms with Crippen LogP contribution < -0.4 is 0 Å². The van der Waals surface area contributed by atoms with E-state index in [9.17, 15) is 0 Å². The summed E-state index contributed by atoms with van der Waals surface area (Å²) in [5, 5.41) is 1.42. The van der Waals surface area contributed by atoms with Gasteiger partial charge in [-0.25, -0.2) is 0 Å². The van der Waals surface area contributed by atoms with Crippen molar-refractivity contribution in [1.29, 1.82) is 0 Å². The fourth-order valence-electron chi connectivity index (χ4n) is 1.85. The predicted molar refractivity (Wildman–Crippen MR) is 75.5 cm³/mol. The smallest absolute Gasteiger partial charge is 0.0857 e. The van der Waals surface area contributed by atoms with Crippen molar-refractivity contribution in [1.82, 2.24) is 0 Å². The van der Waals surface area contributed by atoms with Crippen LogP contribution in [-0.4, -0.2) is 20.8 Å². The van der Waals surface area contributed by atoms with E-state index in [-0.39, 0.29) is 6.10 Å². The van der Waals surface area contributed by atoms with Crippen LogP contribution >= 0.6 is 0 Å². The van der Waals surface area contributed by atoms with E-state index < -0.39 is 8.07 Å². The Morgan fingerprint density at radius 1 is 1.31 bits per heavy atom. The second-order valence-electron chi connectivity index (χ2n) is 5.67. The molecule has 0 amide bonds. The normalized spacial score (nSPS) is 13.5. The first-order valence-electron chi connectivity index (χ1n) is 6.36. The molecule has 16 heavy (non-hydrogen) atoms. The number of hydrogen-bond acceptors (Lipinski definition) is 1. The Kier molecular flexibility index (Phi) is 6.97. The van der Waals surface area contributed by atoms with Gasteiger partial charge in [0, 0.05) is 6.61 Å². The van der Waals surface area contributed by atoms with Crippen LogP contribution in [0.3, 0.4) is 0 Å². The molecule has 0 saturated carbocycles. The maximum Gasteiger partial charge on any atom is 0.0857 e. The first-order valence-corrected chi connectivity index (χ1v) is 9.86. The lowest BCUT2D eigenvalue weighted by atomic mass is 10.1. The average Bonchev–Trinajstić information content (AvgIpc) is 2.11. The van der Waals surface area contributed by atoms with Gasteiger partial charge in [0.15, 0.2) is 0 Å². The van der Waals surface area contributed by atoms with E-state index in [1.54, 1.807) is 0 Å². The molecule has 0 radical (unpaired) electrons. The van der Waals surface area contributed by atoms with Crippen LogP contribution in [0.15, 0.2) is 17.0 Å². The lowest BCUT2D eigenvalue weighted by molar-refractivity contribution is 0.0775. The van der Waals surface area contributed by atoms with Gasteiger partial charge >= 0.3 is 0 Å². The summed E-state index contributed by atoms with van der Waals surface area (Å²) in [6, 6.07) is 0. The topological polar surface area (TPSA) is 9.23 Å². The van der Waals surface area contributed by atoms with Gasteiger partial charge in [-0.2, -0.15) is 0 Å². The van der Waals surface area contributed by atoms with Crippen LogP contribution in [0.25, 0.3) is 0 Å². The van der Waals surface area contributed by atoms with Crippen LogP contribution in [0.2, 0.25) is 19.6 Å². The molecule has 0 N–H and O–H groups in total. The van der Waals surface area contributed by atoms with Crippen LogP contribution in [-0.2, 0) is 4.74 Å². The molecule has 1 nitrogen and oxygen atoms in total. The Morgan fingerprint density at radius 2 is 1.88 bits per heavy atom. The molecule has 0 aliphatic heterocycles. The van der Waals surface area contributed by atoms with Gasteiger partial charge in [0.25, 0.3) is 0 Å². The van der Waals surface area contributed by atoms with Crippen LogP contribution in [0.5, 0.6) is 0 Å². The Bertz CT molecular complexity index is 254. The number of ether oxygens (including phenoxy) is 1. The zero-order valence-corrected chi connectivity index (χ0v) is 13.1. The van der Waals surface area contributed by atoms with Crippen LogP contribution in [0.4, 0.5) is 0 Å². The summed E-state index contributed by atoms with van der Waals surface area (Å²) in [5.41, 5.74) is 3.44. The zero-order valence-electron chi connectivity index (χ0n) is 12.1. The molecular formula is C14H28OSi. The molecule has 2 heteroatoms. The SMILES string of the molecule is CC=C=C(C(CC(C)C)OCC)[Si](C)(C)C. The summed E-state index contributed by atoms with van der Waals surface area (Å²) < 4.78 is 5.91. The molecule has 94 valence electrons. The molecular weight excluding hydrogens is 212 g/mol. The zero-order chi connectivity index (χ0) is 12.8. The first-order chi connectivity index (χ1) is 7.32. The molecule has 0 aliphatic carbocycles. The summed E-state index contributed by atoms with van der Waals surface area (Å²) >= 11 is 0. The molecule has 0 rings (SSSR count). The molecule has 0 aromatic rings. The highest BCUT2D eigenvalue weighted by Gasteiger charge is 2.27. The molecule has 0 aromatic heterocycles. The fourth-order valence-corrected chi connectivity index (χ4v) is 3.59. The van der Waals surface area contributed by atoms with Gasteiger partial charge in [-0.1, -0.05) is 33.5 Å². The van der Waals surface area contributed by atoms with Gasteiger partial charge in [-0.3, -0.25) is 0 Å². The van der Waals surface area contributed by atoms with Crippen molar-refractivity contribution in [2.24, 2.45) is 5.92 Å². The Labute approximate surface area is 103 Å². The van der Waals surface area contributed by atoms with E-state index in [0.717, 1.165) is 13.0 Å². The standard InChI is InChI=1S/C14H28OSi/c1-8-10-14(16(5,6)7)13(15-9-2)11-12(3)4/h8,12-13H,9,11H2,1-7H3. The van der Waals surface area contributed by atoms with Gasteiger partial charge < -0.3 is 4.74 Å². The lowest BCUT2D eigenvalue weighted by Gasteiger charge is -2.28. The van der Waals surface area contributed by atoms with Gasteiger partial charge in [0.1, 0.15) is 0 Å². The third-order valence-corrected chi connectivity index (χ3v) is 4.57. The second kappa shape index (κ2) is 7.11. The molecule has 0 heterocycles. The van der Waals surface area contributed by atoms with E-state index in [0.29, 0.717) is 5.92 Å². The summed E-state index contributed by atoms with van der Waals surface area (Å²) in [6.07, 6.45) is 3.40. The minimum atomic E-state index is -1.33. The van der Waals surface area contributed by atoms with E-state index >= 15 is 0 Å². The van der Waals surface area contributed by atoms with E-state index in [2.05, 4.69) is 46.1 Å². The van der Waals surface area contributed by atoms with Gasteiger partial charge in [-0.15, -0.1) is 5.73 Å². The molecule has 1 unspecified atom stereocenters. The highest BCUT2D eigenvalue weighted by atomic mass is 28.3. The Balaban J connectivity index is 5.04. The van der Waals surface area contributed by atoms with Crippen LogP contribution in [0, 0.1) is 5.92 Å². The summed E-state index contributed by atoms with van der Waals surface area (Å²) in [5.74, 6) is 0.668. The number of hydrogen-bond donors (Lipinski definition) is 0. The average molecular weight is 240 g/mol. The highest BCUT2D eigenvalue weighted by Crippen LogP contribution is 2.24. The van der Waals surface area contributed by atoms with E-state index in [1.807, 2.05) is 13.0 Å². The molecule has 0 fully saturated rings. The maximum atomic E-state index is 5.91. The molecule has 0 aliphatic rings. The Morgan fingerprint density at radius 3 is 2.19 bits per heavy atom. The van der Waals surface area contributed by atoms with Crippen molar-refractivity contribution in [3.8, 4) is 0 Å². The van der Waals surface area contributed by atoms with E-state index in [1.165, 1.54) is 5.20 Å². The highest BCUT2D eigenvalue weighted by molar-refractivity contribution is 6.83. The quantitative estimate of drug-likeness (QED) is 0.493. The van der Waals surface area contributed by atoms with Crippen molar-refractivity contribution in [3.05, 3.63) is 17.0 Å². The third kappa shape index (κ3) is 5.69. The minimum absolute atomic E-state index is 0.271. The summed E-state index contributed by atoms with van der Waals surface area (Å²) in [4.78, 5) is 0. The van der Waals surface area contributed by atoms with Gasteiger partial charge in [0.05, 0.1) is 14.2 Å². The molecule has 0 bridgehead atoms. The van der Waals surface area contributed by atoms with Crippen molar-refractivity contribution >= 4 is 8.07 Å².